The van der Waals surface area contributed by atoms with E-state index < -0.39 is 5.97 Å². The summed E-state index contributed by atoms with van der Waals surface area (Å²) >= 11 is 0. The molecular formula is C11H11N3O2. The van der Waals surface area contributed by atoms with Gasteiger partial charge in [-0.05, 0) is 24.1 Å². The molecule has 0 aliphatic heterocycles. The lowest BCUT2D eigenvalue weighted by atomic mass is 10.2. The number of hydrogen-bond donors (Lipinski definition) is 1. The van der Waals surface area contributed by atoms with Crippen molar-refractivity contribution in [2.45, 2.75) is 13.0 Å². The van der Waals surface area contributed by atoms with Crippen LogP contribution < -0.4 is 0 Å². The lowest BCUT2D eigenvalue weighted by molar-refractivity contribution is 0.0697. The van der Waals surface area contributed by atoms with Gasteiger partial charge in [0.2, 0.25) is 0 Å². The van der Waals surface area contributed by atoms with Crippen LogP contribution in [-0.4, -0.2) is 25.8 Å². The highest BCUT2D eigenvalue weighted by Crippen LogP contribution is 2.02. The summed E-state index contributed by atoms with van der Waals surface area (Å²) in [4.78, 5) is 14.6. The number of nitrogens with zero attached hydrogens (tertiary/aromatic N) is 3. The zero-order chi connectivity index (χ0) is 11.4. The highest BCUT2D eigenvalue weighted by atomic mass is 16.4. The fourth-order valence-corrected chi connectivity index (χ4v) is 1.39. The van der Waals surface area contributed by atoms with Crippen LogP contribution in [0.2, 0.25) is 0 Å². The summed E-state index contributed by atoms with van der Waals surface area (Å²) in [5, 5.41) is 12.7. The highest BCUT2D eigenvalue weighted by Gasteiger charge is 2.05. The van der Waals surface area contributed by atoms with E-state index in [2.05, 4.69) is 10.1 Å². The molecule has 0 aliphatic rings. The van der Waals surface area contributed by atoms with E-state index in [4.69, 9.17) is 5.11 Å². The van der Waals surface area contributed by atoms with Gasteiger partial charge in [0, 0.05) is 25.1 Å². The topological polar surface area (TPSA) is 68.0 Å². The SMILES string of the molecule is O=C(O)c1cnn(CCc2ccncc2)c1. The summed E-state index contributed by atoms with van der Waals surface area (Å²) in [6.45, 7) is 0.664. The van der Waals surface area contributed by atoms with Crippen LogP contribution in [-0.2, 0) is 13.0 Å². The molecule has 5 nitrogen and oxygen atoms in total. The molecule has 0 radical (unpaired) electrons. The summed E-state index contributed by atoms with van der Waals surface area (Å²) in [7, 11) is 0. The van der Waals surface area contributed by atoms with E-state index in [0.29, 0.717) is 6.54 Å². The minimum absolute atomic E-state index is 0.217. The molecule has 82 valence electrons. The van der Waals surface area contributed by atoms with Crippen LogP contribution in [0.25, 0.3) is 0 Å². The Morgan fingerprint density at radius 2 is 2.12 bits per heavy atom. The predicted molar refractivity (Wildman–Crippen MR) is 57.1 cm³/mol. The molecule has 16 heavy (non-hydrogen) atoms. The molecule has 2 aromatic heterocycles. The molecule has 5 heteroatoms. The van der Waals surface area contributed by atoms with Gasteiger partial charge in [-0.2, -0.15) is 5.10 Å². The van der Waals surface area contributed by atoms with Gasteiger partial charge in [0.05, 0.1) is 11.8 Å². The largest absolute Gasteiger partial charge is 0.478 e. The summed E-state index contributed by atoms with van der Waals surface area (Å²) < 4.78 is 1.63. The van der Waals surface area contributed by atoms with E-state index in [0.717, 1.165) is 12.0 Å². The number of carboxylic acids is 1. The zero-order valence-corrected chi connectivity index (χ0v) is 8.58. The van der Waals surface area contributed by atoms with Gasteiger partial charge in [-0.1, -0.05) is 0 Å². The minimum atomic E-state index is -0.949. The summed E-state index contributed by atoms with van der Waals surface area (Å²) in [6.07, 6.45) is 7.17. The molecule has 0 fully saturated rings. The molecule has 0 aliphatic carbocycles. The van der Waals surface area contributed by atoms with Crippen molar-refractivity contribution in [3.05, 3.63) is 48.0 Å². The van der Waals surface area contributed by atoms with E-state index in [1.165, 1.54) is 12.4 Å². The van der Waals surface area contributed by atoms with Gasteiger partial charge in [-0.3, -0.25) is 9.67 Å². The van der Waals surface area contributed by atoms with Gasteiger partial charge in [-0.15, -0.1) is 0 Å². The smallest absolute Gasteiger partial charge is 0.338 e. The van der Waals surface area contributed by atoms with Crippen LogP contribution >= 0.6 is 0 Å². The molecule has 2 rings (SSSR count). The Bertz CT molecular complexity index is 479. The number of pyridine rings is 1. The summed E-state index contributed by atoms with van der Waals surface area (Å²) in [5.74, 6) is -0.949. The van der Waals surface area contributed by atoms with Gasteiger partial charge >= 0.3 is 5.97 Å². The summed E-state index contributed by atoms with van der Waals surface area (Å²) in [6, 6.07) is 3.86. The average Bonchev–Trinajstić information content (AvgIpc) is 2.76. The molecule has 0 aromatic carbocycles. The Morgan fingerprint density at radius 3 is 2.75 bits per heavy atom. The fraction of sp³-hybridized carbons (Fsp3) is 0.182. The Kier molecular flexibility index (Phi) is 2.95. The van der Waals surface area contributed by atoms with Gasteiger partial charge < -0.3 is 5.11 Å². The van der Waals surface area contributed by atoms with E-state index >= 15 is 0 Å². The highest BCUT2D eigenvalue weighted by molar-refractivity contribution is 5.86. The second-order valence-electron chi connectivity index (χ2n) is 3.40. The van der Waals surface area contributed by atoms with Crippen LogP contribution in [0.4, 0.5) is 0 Å². The molecule has 0 atom stereocenters. The van der Waals surface area contributed by atoms with E-state index in [9.17, 15) is 4.79 Å². The third kappa shape index (κ3) is 2.44. The maximum atomic E-state index is 10.6. The number of aromatic carboxylic acids is 1. The third-order valence-electron chi connectivity index (χ3n) is 2.26. The van der Waals surface area contributed by atoms with Crippen molar-refractivity contribution in [3.8, 4) is 0 Å². The first kappa shape index (κ1) is 10.4. The van der Waals surface area contributed by atoms with Crippen molar-refractivity contribution < 1.29 is 9.90 Å². The van der Waals surface area contributed by atoms with Crippen molar-refractivity contribution in [2.75, 3.05) is 0 Å². The Hall–Kier alpha value is -2.17. The first-order valence-electron chi connectivity index (χ1n) is 4.90. The quantitative estimate of drug-likeness (QED) is 0.836. The normalized spacial score (nSPS) is 10.2. The first-order valence-corrected chi connectivity index (χ1v) is 4.90. The monoisotopic (exact) mass is 217 g/mol. The first-order chi connectivity index (χ1) is 7.75. The average molecular weight is 217 g/mol. The number of rotatable bonds is 4. The van der Waals surface area contributed by atoms with E-state index in [1.54, 1.807) is 17.1 Å². The van der Waals surface area contributed by atoms with Crippen molar-refractivity contribution >= 4 is 5.97 Å². The van der Waals surface area contributed by atoms with Gasteiger partial charge in [0.25, 0.3) is 0 Å². The minimum Gasteiger partial charge on any atom is -0.478 e. The number of carbonyl (C=O) groups is 1. The molecule has 2 heterocycles. The summed E-state index contributed by atoms with van der Waals surface area (Å²) in [5.41, 5.74) is 1.37. The Morgan fingerprint density at radius 1 is 1.38 bits per heavy atom. The third-order valence-corrected chi connectivity index (χ3v) is 2.26. The molecular weight excluding hydrogens is 206 g/mol. The van der Waals surface area contributed by atoms with Crippen molar-refractivity contribution in [2.24, 2.45) is 0 Å². The molecule has 1 N–H and O–H groups in total. The van der Waals surface area contributed by atoms with Crippen molar-refractivity contribution in [1.82, 2.24) is 14.8 Å². The second kappa shape index (κ2) is 4.57. The van der Waals surface area contributed by atoms with Crippen molar-refractivity contribution in [1.29, 1.82) is 0 Å². The molecule has 0 unspecified atom stereocenters. The van der Waals surface area contributed by atoms with Crippen LogP contribution in [0, 0.1) is 0 Å². The van der Waals surface area contributed by atoms with Crippen LogP contribution in [0.3, 0.4) is 0 Å². The standard InChI is InChI=1S/C11H11N3O2/c15-11(16)10-7-13-14(8-10)6-3-9-1-4-12-5-2-9/h1-2,4-5,7-8H,3,6H2,(H,15,16). The Balaban J connectivity index is 1.97. The molecule has 0 bridgehead atoms. The predicted octanol–water partition coefficient (Wildman–Crippen LogP) is 1.22. The maximum Gasteiger partial charge on any atom is 0.338 e. The zero-order valence-electron chi connectivity index (χ0n) is 8.58. The van der Waals surface area contributed by atoms with Crippen LogP contribution in [0.15, 0.2) is 36.9 Å². The van der Waals surface area contributed by atoms with Crippen LogP contribution in [0.5, 0.6) is 0 Å². The van der Waals surface area contributed by atoms with Gasteiger partial charge in [0.15, 0.2) is 0 Å². The number of hydrogen-bond acceptors (Lipinski definition) is 3. The number of aryl methyl sites for hydroxylation is 2. The second-order valence-corrected chi connectivity index (χ2v) is 3.40. The van der Waals surface area contributed by atoms with Crippen molar-refractivity contribution in [3.63, 3.8) is 0 Å². The molecule has 2 aromatic rings. The number of carboxylic acid groups (broad SMARTS) is 1. The maximum absolute atomic E-state index is 10.6. The van der Waals surface area contributed by atoms with E-state index in [-0.39, 0.29) is 5.56 Å². The molecule has 0 saturated carbocycles. The lowest BCUT2D eigenvalue weighted by Gasteiger charge is -2.00. The molecule has 0 amide bonds. The van der Waals surface area contributed by atoms with E-state index in [1.807, 2.05) is 12.1 Å². The van der Waals surface area contributed by atoms with Gasteiger partial charge in [-0.25, -0.2) is 4.79 Å². The van der Waals surface area contributed by atoms with Crippen LogP contribution in [0.1, 0.15) is 15.9 Å². The number of aromatic nitrogens is 3. The Labute approximate surface area is 92.4 Å². The molecule has 0 spiro atoms. The molecule has 0 saturated heterocycles. The van der Waals surface area contributed by atoms with Gasteiger partial charge in [0.1, 0.15) is 0 Å². The fourth-order valence-electron chi connectivity index (χ4n) is 1.39. The lowest BCUT2D eigenvalue weighted by Crippen LogP contribution is -2.02.